The van der Waals surface area contributed by atoms with Crippen LogP contribution in [0.4, 0.5) is 0 Å². The molecule has 21 heavy (non-hydrogen) atoms. The lowest BCUT2D eigenvalue weighted by Gasteiger charge is -2.25. The lowest BCUT2D eigenvalue weighted by atomic mass is 10.0. The molecule has 0 bridgehead atoms. The van der Waals surface area contributed by atoms with E-state index in [4.69, 9.17) is 33.7 Å². The topological polar surface area (TPSA) is 35.2 Å². The number of ether oxygens (including phenoxy) is 1. The van der Waals surface area contributed by atoms with Crippen LogP contribution in [0, 0.1) is 0 Å². The molecular weight excluding hydrogens is 373 g/mol. The van der Waals surface area contributed by atoms with E-state index < -0.39 is 0 Å². The second-order valence-electron chi connectivity index (χ2n) is 4.74. The summed E-state index contributed by atoms with van der Waals surface area (Å²) in [4.78, 5) is 0. The summed E-state index contributed by atoms with van der Waals surface area (Å²) in [6, 6.07) is 12.9. The van der Waals surface area contributed by atoms with E-state index in [1.165, 1.54) is 0 Å². The first kappa shape index (κ1) is 16.6. The Morgan fingerprint density at radius 1 is 1.14 bits per heavy atom. The molecule has 112 valence electrons. The van der Waals surface area contributed by atoms with E-state index in [0.717, 1.165) is 16.5 Å². The molecule has 5 heteroatoms. The summed E-state index contributed by atoms with van der Waals surface area (Å²) in [5.41, 5.74) is 7.21. The van der Waals surface area contributed by atoms with E-state index >= 15 is 0 Å². The van der Waals surface area contributed by atoms with E-state index in [1.807, 2.05) is 31.2 Å². The zero-order valence-electron chi connectivity index (χ0n) is 11.5. The van der Waals surface area contributed by atoms with Crippen LogP contribution in [0.3, 0.4) is 0 Å². The highest BCUT2D eigenvalue weighted by atomic mass is 79.9. The van der Waals surface area contributed by atoms with Gasteiger partial charge in [-0.05, 0) is 36.2 Å². The van der Waals surface area contributed by atoms with Gasteiger partial charge in [-0.25, -0.2) is 0 Å². The number of halogens is 3. The van der Waals surface area contributed by atoms with Gasteiger partial charge in [0, 0.05) is 21.6 Å². The Morgan fingerprint density at radius 2 is 1.81 bits per heavy atom. The first-order chi connectivity index (χ1) is 10.0. The number of hydrogen-bond donors (Lipinski definition) is 1. The SMILES string of the molecule is CCC(N)C(Oc1cc(Cl)ccc1Cl)c1ccc(Br)cc1. The predicted octanol–water partition coefficient (Wildman–Crippen LogP) is 5.61. The van der Waals surface area contributed by atoms with Crippen molar-refractivity contribution >= 4 is 39.1 Å². The molecule has 0 radical (unpaired) electrons. The Kier molecular flexibility index (Phi) is 5.94. The first-order valence-corrected chi connectivity index (χ1v) is 8.19. The highest BCUT2D eigenvalue weighted by Crippen LogP contribution is 2.33. The van der Waals surface area contributed by atoms with E-state index in [0.29, 0.717) is 15.8 Å². The van der Waals surface area contributed by atoms with Crippen molar-refractivity contribution in [1.29, 1.82) is 0 Å². The van der Waals surface area contributed by atoms with E-state index in [-0.39, 0.29) is 12.1 Å². The molecule has 0 saturated carbocycles. The second kappa shape index (κ2) is 7.50. The quantitative estimate of drug-likeness (QED) is 0.721. The molecule has 2 nitrogen and oxygen atoms in total. The second-order valence-corrected chi connectivity index (χ2v) is 6.50. The van der Waals surface area contributed by atoms with Crippen molar-refractivity contribution in [2.45, 2.75) is 25.5 Å². The van der Waals surface area contributed by atoms with Crippen LogP contribution in [0.15, 0.2) is 46.9 Å². The minimum Gasteiger partial charge on any atom is -0.482 e. The van der Waals surface area contributed by atoms with Crippen molar-refractivity contribution in [1.82, 2.24) is 0 Å². The lowest BCUT2D eigenvalue weighted by molar-refractivity contribution is 0.171. The van der Waals surface area contributed by atoms with Gasteiger partial charge in [0.15, 0.2) is 0 Å². The number of hydrogen-bond acceptors (Lipinski definition) is 2. The lowest BCUT2D eigenvalue weighted by Crippen LogP contribution is -2.31. The molecule has 0 aromatic heterocycles. The average Bonchev–Trinajstić information content (AvgIpc) is 2.48. The Bertz CT molecular complexity index is 604. The van der Waals surface area contributed by atoms with Gasteiger partial charge in [-0.2, -0.15) is 0 Å². The van der Waals surface area contributed by atoms with Gasteiger partial charge in [-0.1, -0.05) is 58.2 Å². The molecule has 0 aliphatic carbocycles. The van der Waals surface area contributed by atoms with Crippen LogP contribution in [-0.4, -0.2) is 6.04 Å². The summed E-state index contributed by atoms with van der Waals surface area (Å²) in [6.07, 6.45) is 0.512. The Labute approximate surface area is 143 Å². The molecule has 2 rings (SSSR count). The number of nitrogens with two attached hydrogens (primary N) is 1. The smallest absolute Gasteiger partial charge is 0.140 e. The minimum atomic E-state index is -0.279. The van der Waals surface area contributed by atoms with Crippen LogP contribution >= 0.6 is 39.1 Å². The molecule has 2 N–H and O–H groups in total. The molecule has 2 aromatic carbocycles. The highest BCUT2D eigenvalue weighted by molar-refractivity contribution is 9.10. The van der Waals surface area contributed by atoms with Crippen molar-refractivity contribution in [2.75, 3.05) is 0 Å². The molecular formula is C16H16BrCl2NO. The summed E-state index contributed by atoms with van der Waals surface area (Å²) < 4.78 is 7.06. The summed E-state index contributed by atoms with van der Waals surface area (Å²) in [5.74, 6) is 0.543. The van der Waals surface area contributed by atoms with Gasteiger partial charge >= 0.3 is 0 Å². The molecule has 0 aliphatic rings. The number of benzene rings is 2. The summed E-state index contributed by atoms with van der Waals surface area (Å²) in [7, 11) is 0. The molecule has 0 spiro atoms. The largest absolute Gasteiger partial charge is 0.482 e. The normalized spacial score (nSPS) is 13.8. The molecule has 0 aliphatic heterocycles. The summed E-state index contributed by atoms with van der Waals surface area (Å²) in [6.45, 7) is 2.03. The molecule has 2 unspecified atom stereocenters. The molecule has 0 heterocycles. The maximum Gasteiger partial charge on any atom is 0.140 e. The molecule has 0 saturated heterocycles. The predicted molar refractivity (Wildman–Crippen MR) is 92.2 cm³/mol. The van der Waals surface area contributed by atoms with Gasteiger partial charge in [0.05, 0.1) is 5.02 Å². The van der Waals surface area contributed by atoms with Crippen molar-refractivity contribution in [3.8, 4) is 5.75 Å². The zero-order valence-corrected chi connectivity index (χ0v) is 14.6. The summed E-state index contributed by atoms with van der Waals surface area (Å²) >= 11 is 15.6. The minimum absolute atomic E-state index is 0.138. The fourth-order valence-electron chi connectivity index (χ4n) is 1.97. The Hall–Kier alpha value is -0.740. The molecule has 2 atom stereocenters. The molecule has 2 aromatic rings. The third-order valence-electron chi connectivity index (χ3n) is 3.21. The van der Waals surface area contributed by atoms with Crippen molar-refractivity contribution in [3.63, 3.8) is 0 Å². The third kappa shape index (κ3) is 4.36. The van der Waals surface area contributed by atoms with Crippen LogP contribution in [0.25, 0.3) is 0 Å². The fraction of sp³-hybridized carbons (Fsp3) is 0.250. The monoisotopic (exact) mass is 387 g/mol. The van der Waals surface area contributed by atoms with Gasteiger partial charge in [-0.3, -0.25) is 0 Å². The van der Waals surface area contributed by atoms with E-state index in [9.17, 15) is 0 Å². The van der Waals surface area contributed by atoms with E-state index in [2.05, 4.69) is 15.9 Å². The van der Waals surface area contributed by atoms with Gasteiger partial charge in [0.2, 0.25) is 0 Å². The fourth-order valence-corrected chi connectivity index (χ4v) is 2.56. The highest BCUT2D eigenvalue weighted by Gasteiger charge is 2.21. The van der Waals surface area contributed by atoms with Crippen LogP contribution in [-0.2, 0) is 0 Å². The zero-order chi connectivity index (χ0) is 15.4. The molecule has 0 fully saturated rings. The van der Waals surface area contributed by atoms with E-state index in [1.54, 1.807) is 18.2 Å². The van der Waals surface area contributed by atoms with Crippen LogP contribution in [0.5, 0.6) is 5.75 Å². The van der Waals surface area contributed by atoms with Gasteiger partial charge < -0.3 is 10.5 Å². The van der Waals surface area contributed by atoms with Crippen LogP contribution in [0.2, 0.25) is 10.0 Å². The van der Waals surface area contributed by atoms with Crippen molar-refractivity contribution in [2.24, 2.45) is 5.73 Å². The van der Waals surface area contributed by atoms with Gasteiger partial charge in [0.25, 0.3) is 0 Å². The van der Waals surface area contributed by atoms with Crippen LogP contribution in [0.1, 0.15) is 25.0 Å². The van der Waals surface area contributed by atoms with Gasteiger partial charge in [0.1, 0.15) is 11.9 Å². The van der Waals surface area contributed by atoms with Crippen molar-refractivity contribution in [3.05, 3.63) is 62.5 Å². The van der Waals surface area contributed by atoms with Gasteiger partial charge in [-0.15, -0.1) is 0 Å². The van der Waals surface area contributed by atoms with Crippen molar-refractivity contribution < 1.29 is 4.74 Å². The summed E-state index contributed by atoms with van der Waals surface area (Å²) in [5, 5.41) is 1.10. The number of rotatable bonds is 5. The average molecular weight is 389 g/mol. The third-order valence-corrected chi connectivity index (χ3v) is 4.28. The first-order valence-electron chi connectivity index (χ1n) is 6.64. The maximum absolute atomic E-state index is 6.21. The molecule has 0 amide bonds. The Morgan fingerprint density at radius 3 is 2.43 bits per heavy atom. The van der Waals surface area contributed by atoms with Crippen LogP contribution < -0.4 is 10.5 Å². The Balaban J connectivity index is 2.32. The maximum atomic E-state index is 6.21. The standard InChI is InChI=1S/C16H16BrCl2NO/c1-2-14(20)16(10-3-5-11(17)6-4-10)21-15-9-12(18)7-8-13(15)19/h3-9,14,16H,2,20H2,1H3.